The molecule has 0 spiro atoms. The zero-order valence-corrected chi connectivity index (χ0v) is 6.24. The Kier molecular flexibility index (Phi) is 4.95. The van der Waals surface area contributed by atoms with Gasteiger partial charge in [0.1, 0.15) is 24.4 Å². The van der Waals surface area contributed by atoms with Crippen LogP contribution in [0.15, 0.2) is 0 Å². The lowest BCUT2D eigenvalue weighted by atomic mass is 10.3. The molecule has 0 unspecified atom stereocenters. The minimum atomic E-state index is -1.79. The molecular formula is C6H12O6. The van der Waals surface area contributed by atoms with E-state index < -0.39 is 31.0 Å². The van der Waals surface area contributed by atoms with E-state index in [2.05, 4.69) is 0 Å². The van der Waals surface area contributed by atoms with Gasteiger partial charge < -0.3 is 30.3 Å². The molecule has 0 aliphatic heterocycles. The fourth-order valence-corrected chi connectivity index (χ4v) is 0.618. The third-order valence-electron chi connectivity index (χ3n) is 1.42. The van der Waals surface area contributed by atoms with Crippen molar-refractivity contribution in [3.8, 4) is 0 Å². The number of hydrogen-bond acceptors (Lipinski definition) is 6. The second-order valence-corrected chi connectivity index (χ2v) is 2.36. The van der Waals surface area contributed by atoms with E-state index >= 15 is 0 Å². The van der Waals surface area contributed by atoms with Gasteiger partial charge in [0.15, 0.2) is 6.29 Å². The standard InChI is InChI=1S/C6H12O6/c7-1-3(9)5(11)6(12)4(10)2-8/h1,3-6,8-12H,2H2/t3-,4+,5+,6+/m0/s1/i1+1,3+1,5+1. The lowest BCUT2D eigenvalue weighted by Crippen LogP contribution is -2.46. The first-order valence-corrected chi connectivity index (χ1v) is 3.33. The van der Waals surface area contributed by atoms with Crippen molar-refractivity contribution < 1.29 is 30.3 Å². The Hall–Kier alpha value is -0.530. The third-order valence-corrected chi connectivity index (χ3v) is 1.42. The molecule has 0 aliphatic rings. The molecule has 0 aromatic carbocycles. The summed E-state index contributed by atoms with van der Waals surface area (Å²) in [5.74, 6) is 0. The van der Waals surface area contributed by atoms with Crippen LogP contribution in [0.1, 0.15) is 0 Å². The molecule has 0 saturated carbocycles. The first-order valence-electron chi connectivity index (χ1n) is 3.33. The maximum Gasteiger partial charge on any atom is 0.151 e. The highest BCUT2D eigenvalue weighted by atomic mass is 16.5. The minimum absolute atomic E-state index is 0.0258. The van der Waals surface area contributed by atoms with Crippen LogP contribution in [0.25, 0.3) is 0 Å². The van der Waals surface area contributed by atoms with Crippen molar-refractivity contribution in [2.24, 2.45) is 0 Å². The quantitative estimate of drug-likeness (QED) is 0.224. The van der Waals surface area contributed by atoms with E-state index in [1.54, 1.807) is 0 Å². The summed E-state index contributed by atoms with van der Waals surface area (Å²) < 4.78 is 0. The zero-order valence-electron chi connectivity index (χ0n) is 6.24. The molecule has 0 radical (unpaired) electrons. The number of aliphatic hydroxyl groups is 5. The average molecular weight is 183 g/mol. The Balaban J connectivity index is 4.07. The largest absolute Gasteiger partial charge is 0.394 e. The lowest BCUT2D eigenvalue weighted by Gasteiger charge is -2.22. The monoisotopic (exact) mass is 183 g/mol. The van der Waals surface area contributed by atoms with Gasteiger partial charge in [-0.1, -0.05) is 0 Å². The first kappa shape index (κ1) is 11.5. The highest BCUT2D eigenvalue weighted by Crippen LogP contribution is 2.02. The molecule has 0 aromatic heterocycles. The Morgan fingerprint density at radius 2 is 1.58 bits per heavy atom. The van der Waals surface area contributed by atoms with E-state index in [1.165, 1.54) is 0 Å². The van der Waals surface area contributed by atoms with Crippen LogP contribution in [0.3, 0.4) is 0 Å². The molecule has 0 fully saturated rings. The SMILES string of the molecule is O=[13CH][13C@H](O)[13C@@H](O)[C@H](O)[C@H](O)CO. The van der Waals surface area contributed by atoms with Gasteiger partial charge in [0.2, 0.25) is 0 Å². The highest BCUT2D eigenvalue weighted by molar-refractivity contribution is 5.56. The second kappa shape index (κ2) is 5.18. The van der Waals surface area contributed by atoms with Gasteiger partial charge in [0.25, 0.3) is 0 Å². The molecule has 0 bridgehead atoms. The van der Waals surface area contributed by atoms with Gasteiger partial charge >= 0.3 is 0 Å². The smallest absolute Gasteiger partial charge is 0.151 e. The molecule has 12 heavy (non-hydrogen) atoms. The molecule has 0 heterocycles. The van der Waals surface area contributed by atoms with Crippen molar-refractivity contribution in [1.29, 1.82) is 0 Å². The summed E-state index contributed by atoms with van der Waals surface area (Å²) >= 11 is 0. The van der Waals surface area contributed by atoms with E-state index in [0.717, 1.165) is 0 Å². The van der Waals surface area contributed by atoms with Crippen LogP contribution in [-0.4, -0.2) is 62.8 Å². The summed E-state index contributed by atoms with van der Waals surface area (Å²) in [6.07, 6.45) is -6.84. The van der Waals surface area contributed by atoms with Gasteiger partial charge in [-0.15, -0.1) is 0 Å². The fourth-order valence-electron chi connectivity index (χ4n) is 0.618. The van der Waals surface area contributed by atoms with Crippen LogP contribution < -0.4 is 0 Å². The predicted octanol–water partition coefficient (Wildman–Crippen LogP) is -3.38. The summed E-state index contributed by atoms with van der Waals surface area (Å²) in [5.41, 5.74) is 0. The molecule has 0 amide bonds. The van der Waals surface area contributed by atoms with Gasteiger partial charge in [-0.25, -0.2) is 0 Å². The summed E-state index contributed by atoms with van der Waals surface area (Å²) in [6.45, 7) is -0.760. The fraction of sp³-hybridized carbons (Fsp3) is 0.833. The number of rotatable bonds is 5. The Morgan fingerprint density at radius 1 is 1.08 bits per heavy atom. The van der Waals surface area contributed by atoms with Crippen molar-refractivity contribution in [3.63, 3.8) is 0 Å². The Morgan fingerprint density at radius 3 is 1.92 bits per heavy atom. The van der Waals surface area contributed by atoms with Crippen molar-refractivity contribution >= 4 is 6.29 Å². The topological polar surface area (TPSA) is 118 Å². The number of aliphatic hydroxyl groups excluding tert-OH is 5. The molecule has 0 aromatic rings. The Labute approximate surface area is 68.7 Å². The van der Waals surface area contributed by atoms with E-state index in [-0.39, 0.29) is 6.29 Å². The summed E-state index contributed by atoms with van der Waals surface area (Å²) in [7, 11) is 0. The molecule has 5 N–H and O–H groups in total. The van der Waals surface area contributed by atoms with Crippen LogP contribution in [0, 0.1) is 0 Å². The molecule has 6 nitrogen and oxygen atoms in total. The van der Waals surface area contributed by atoms with Crippen LogP contribution in [0.2, 0.25) is 0 Å². The van der Waals surface area contributed by atoms with Gasteiger partial charge in [-0.2, -0.15) is 0 Å². The zero-order chi connectivity index (χ0) is 9.72. The molecular weight excluding hydrogens is 171 g/mol. The van der Waals surface area contributed by atoms with E-state index in [9.17, 15) is 4.79 Å². The van der Waals surface area contributed by atoms with Crippen LogP contribution in [-0.2, 0) is 4.79 Å². The number of aldehydes is 1. The van der Waals surface area contributed by atoms with Crippen molar-refractivity contribution in [3.05, 3.63) is 0 Å². The van der Waals surface area contributed by atoms with Crippen molar-refractivity contribution in [2.45, 2.75) is 24.4 Å². The molecule has 72 valence electrons. The molecule has 0 rings (SSSR count). The van der Waals surface area contributed by atoms with E-state index in [1.807, 2.05) is 0 Å². The van der Waals surface area contributed by atoms with Crippen LogP contribution in [0.4, 0.5) is 0 Å². The van der Waals surface area contributed by atoms with E-state index in [4.69, 9.17) is 25.5 Å². The van der Waals surface area contributed by atoms with Gasteiger partial charge in [-0.3, -0.25) is 0 Å². The van der Waals surface area contributed by atoms with Gasteiger partial charge in [0, 0.05) is 0 Å². The van der Waals surface area contributed by atoms with Crippen molar-refractivity contribution in [1.82, 2.24) is 0 Å². The number of carbonyl (C=O) groups is 1. The highest BCUT2D eigenvalue weighted by Gasteiger charge is 2.29. The van der Waals surface area contributed by atoms with Gasteiger partial charge in [0.05, 0.1) is 6.61 Å². The number of hydrogen-bond donors (Lipinski definition) is 5. The molecule has 4 atom stereocenters. The predicted molar refractivity (Wildman–Crippen MR) is 37.2 cm³/mol. The molecule has 6 heteroatoms. The summed E-state index contributed by atoms with van der Waals surface area (Å²) in [4.78, 5) is 9.90. The lowest BCUT2D eigenvalue weighted by molar-refractivity contribution is -0.136. The first-order chi connectivity index (χ1) is 5.54. The van der Waals surface area contributed by atoms with Crippen molar-refractivity contribution in [2.75, 3.05) is 6.61 Å². The maximum atomic E-state index is 9.90. The average Bonchev–Trinajstić information content (AvgIpc) is 2.12. The normalized spacial score (nSPS) is 21.1. The minimum Gasteiger partial charge on any atom is -0.394 e. The third kappa shape index (κ3) is 2.84. The number of carbonyl (C=O) groups excluding carboxylic acids is 1. The molecule has 0 saturated heterocycles. The van der Waals surface area contributed by atoms with Crippen LogP contribution >= 0.6 is 0 Å². The van der Waals surface area contributed by atoms with E-state index in [0.29, 0.717) is 0 Å². The van der Waals surface area contributed by atoms with Gasteiger partial charge in [-0.05, 0) is 0 Å². The Bertz CT molecular complexity index is 138. The maximum absolute atomic E-state index is 9.90. The second-order valence-electron chi connectivity index (χ2n) is 2.36. The summed E-state index contributed by atoms with van der Waals surface area (Å²) in [5, 5.41) is 43.5. The summed E-state index contributed by atoms with van der Waals surface area (Å²) in [6, 6.07) is 0. The molecule has 0 aliphatic carbocycles. The van der Waals surface area contributed by atoms with Crippen LogP contribution in [0.5, 0.6) is 0 Å².